The quantitative estimate of drug-likeness (QED) is 0.285. The average Bonchev–Trinajstić information content (AvgIpc) is 3.03. The smallest absolute Gasteiger partial charge is 0.347 e. The third-order valence-electron chi connectivity index (χ3n) is 4.63. The van der Waals surface area contributed by atoms with E-state index in [1.807, 2.05) is 24.3 Å². The monoisotopic (exact) mass is 464 g/mol. The van der Waals surface area contributed by atoms with E-state index in [0.717, 1.165) is 10.0 Å². The fraction of sp³-hybridized carbons (Fsp3) is 0.0833. The minimum absolute atomic E-state index is 0.204. The van der Waals surface area contributed by atoms with Crippen molar-refractivity contribution in [3.05, 3.63) is 93.1 Å². The lowest BCUT2D eigenvalue weighted by atomic mass is 10.0. The van der Waals surface area contributed by atoms with Gasteiger partial charge in [0.25, 0.3) is 0 Å². The van der Waals surface area contributed by atoms with Gasteiger partial charge in [0.1, 0.15) is 22.8 Å². The number of fused-ring (bicyclic) bond motifs is 1. The van der Waals surface area contributed by atoms with E-state index in [1.54, 1.807) is 49.4 Å². The molecule has 0 saturated carbocycles. The third-order valence-corrected chi connectivity index (χ3v) is 5.12. The van der Waals surface area contributed by atoms with Gasteiger partial charge in [-0.15, -0.1) is 0 Å². The van der Waals surface area contributed by atoms with Gasteiger partial charge in [0, 0.05) is 10.5 Å². The number of hydrogen-bond donors (Lipinski definition) is 0. The van der Waals surface area contributed by atoms with Gasteiger partial charge in [0.05, 0.1) is 12.7 Å². The van der Waals surface area contributed by atoms with Crippen molar-refractivity contribution in [2.75, 3.05) is 7.11 Å². The summed E-state index contributed by atoms with van der Waals surface area (Å²) in [6.07, 6.45) is 1.69. The summed E-state index contributed by atoms with van der Waals surface area (Å²) in [5.41, 5.74) is 2.28. The maximum Gasteiger partial charge on any atom is 0.347 e. The molecule has 0 spiro atoms. The van der Waals surface area contributed by atoms with Crippen molar-refractivity contribution in [3.63, 3.8) is 0 Å². The molecule has 0 bridgehead atoms. The highest BCUT2D eigenvalue weighted by molar-refractivity contribution is 9.10. The molecule has 0 amide bonds. The number of carbonyl (C=O) groups is 2. The molecule has 0 atom stereocenters. The topological polar surface area (TPSA) is 61.8 Å². The van der Waals surface area contributed by atoms with Gasteiger partial charge < -0.3 is 14.2 Å². The molecular formula is C24H17BrO5. The van der Waals surface area contributed by atoms with Crippen molar-refractivity contribution in [2.24, 2.45) is 0 Å². The number of hydrogen-bond acceptors (Lipinski definition) is 5. The SMILES string of the molecule is COc1ccccc1C(=O)Oc1cc(C)c2c(c1)O/C(=C\c1cccc(Br)c1)C2=O. The van der Waals surface area contributed by atoms with Crippen LogP contribution in [-0.4, -0.2) is 18.9 Å². The summed E-state index contributed by atoms with van der Waals surface area (Å²) in [6.45, 7) is 1.78. The summed E-state index contributed by atoms with van der Waals surface area (Å²) in [6, 6.07) is 17.6. The summed E-state index contributed by atoms with van der Waals surface area (Å²) in [7, 11) is 1.49. The molecule has 3 aromatic rings. The number of esters is 1. The van der Waals surface area contributed by atoms with E-state index >= 15 is 0 Å². The zero-order chi connectivity index (χ0) is 21.3. The number of Topliss-reactive ketones (excluding diaryl/α,β-unsaturated/α-hetero) is 1. The van der Waals surface area contributed by atoms with Gasteiger partial charge in [-0.1, -0.05) is 40.2 Å². The van der Waals surface area contributed by atoms with Gasteiger partial charge >= 0.3 is 5.97 Å². The maximum absolute atomic E-state index is 12.8. The van der Waals surface area contributed by atoms with Crippen molar-refractivity contribution in [2.45, 2.75) is 6.92 Å². The molecule has 0 saturated heterocycles. The van der Waals surface area contributed by atoms with E-state index in [2.05, 4.69) is 15.9 Å². The van der Waals surface area contributed by atoms with Gasteiger partial charge in [0.15, 0.2) is 5.76 Å². The molecule has 3 aromatic carbocycles. The molecule has 6 heteroatoms. The van der Waals surface area contributed by atoms with E-state index in [1.165, 1.54) is 7.11 Å². The van der Waals surface area contributed by atoms with Crippen LogP contribution in [-0.2, 0) is 0 Å². The molecule has 1 heterocycles. The van der Waals surface area contributed by atoms with Crippen molar-refractivity contribution in [1.29, 1.82) is 0 Å². The second-order valence-electron chi connectivity index (χ2n) is 6.70. The van der Waals surface area contributed by atoms with Gasteiger partial charge in [-0.2, -0.15) is 0 Å². The number of para-hydroxylation sites is 1. The maximum atomic E-state index is 12.8. The van der Waals surface area contributed by atoms with Gasteiger partial charge in [-0.05, 0) is 54.5 Å². The number of rotatable bonds is 4. The molecule has 4 rings (SSSR count). The van der Waals surface area contributed by atoms with Gasteiger partial charge in [0.2, 0.25) is 5.78 Å². The highest BCUT2D eigenvalue weighted by atomic mass is 79.9. The van der Waals surface area contributed by atoms with Crippen molar-refractivity contribution in [3.8, 4) is 17.2 Å². The standard InChI is InChI=1S/C24H17BrO5/c1-14-10-17(29-24(27)18-8-3-4-9-19(18)28-2)13-20-22(14)23(26)21(30-20)12-15-6-5-7-16(25)11-15/h3-13H,1-2H3/b21-12-. The Morgan fingerprint density at radius 2 is 1.87 bits per heavy atom. The molecule has 5 nitrogen and oxygen atoms in total. The Bertz CT molecular complexity index is 1200. The van der Waals surface area contributed by atoms with Crippen molar-refractivity contribution >= 4 is 33.8 Å². The molecule has 30 heavy (non-hydrogen) atoms. The zero-order valence-electron chi connectivity index (χ0n) is 16.3. The predicted octanol–water partition coefficient (Wildman–Crippen LogP) is 5.60. The van der Waals surface area contributed by atoms with Crippen LogP contribution in [0.3, 0.4) is 0 Å². The highest BCUT2D eigenvalue weighted by Gasteiger charge is 2.30. The normalized spacial score (nSPS) is 13.7. The lowest BCUT2D eigenvalue weighted by molar-refractivity contribution is 0.0731. The number of ether oxygens (including phenoxy) is 3. The largest absolute Gasteiger partial charge is 0.496 e. The Kier molecular flexibility index (Phi) is 5.42. The number of allylic oxidation sites excluding steroid dienone is 1. The average molecular weight is 465 g/mol. The Morgan fingerprint density at radius 1 is 1.07 bits per heavy atom. The Labute approximate surface area is 182 Å². The minimum atomic E-state index is -0.555. The molecule has 0 unspecified atom stereocenters. The summed E-state index contributed by atoms with van der Waals surface area (Å²) in [5.74, 6) is 0.541. The lowest BCUT2D eigenvalue weighted by Gasteiger charge is -2.10. The van der Waals surface area contributed by atoms with Crippen LogP contribution in [0.5, 0.6) is 17.2 Å². The molecule has 1 aliphatic rings. The number of ketones is 1. The summed E-state index contributed by atoms with van der Waals surface area (Å²) < 4.78 is 17.4. The van der Waals surface area contributed by atoms with Crippen molar-refractivity contribution in [1.82, 2.24) is 0 Å². The highest BCUT2D eigenvalue weighted by Crippen LogP contribution is 2.38. The van der Waals surface area contributed by atoms with Crippen LogP contribution in [0, 0.1) is 6.92 Å². The summed E-state index contributed by atoms with van der Waals surface area (Å²) in [5, 5.41) is 0. The molecule has 0 aliphatic carbocycles. The Balaban J connectivity index is 1.62. The van der Waals surface area contributed by atoms with Gasteiger partial charge in [-0.25, -0.2) is 4.79 Å². The molecule has 150 valence electrons. The second kappa shape index (κ2) is 8.16. The molecular weight excluding hydrogens is 448 g/mol. The minimum Gasteiger partial charge on any atom is -0.496 e. The first-order chi connectivity index (χ1) is 14.5. The molecule has 0 N–H and O–H groups in total. The summed E-state index contributed by atoms with van der Waals surface area (Å²) in [4.78, 5) is 25.4. The van der Waals surface area contributed by atoms with Crippen LogP contribution >= 0.6 is 15.9 Å². The third kappa shape index (κ3) is 3.86. The van der Waals surface area contributed by atoms with Crippen LogP contribution in [0.1, 0.15) is 31.8 Å². The van der Waals surface area contributed by atoms with Crippen LogP contribution in [0.25, 0.3) is 6.08 Å². The van der Waals surface area contributed by atoms with E-state index < -0.39 is 5.97 Å². The Hall–Kier alpha value is -3.38. The zero-order valence-corrected chi connectivity index (χ0v) is 17.9. The molecule has 0 fully saturated rings. The second-order valence-corrected chi connectivity index (χ2v) is 7.61. The Morgan fingerprint density at radius 3 is 2.63 bits per heavy atom. The number of benzene rings is 3. The number of halogens is 1. The number of carbonyl (C=O) groups excluding carboxylic acids is 2. The van der Waals surface area contributed by atoms with Gasteiger partial charge in [-0.3, -0.25) is 4.79 Å². The van der Waals surface area contributed by atoms with E-state index in [4.69, 9.17) is 14.2 Å². The molecule has 0 aromatic heterocycles. The molecule has 1 aliphatic heterocycles. The fourth-order valence-corrected chi connectivity index (χ4v) is 3.68. The predicted molar refractivity (Wildman–Crippen MR) is 116 cm³/mol. The van der Waals surface area contributed by atoms with E-state index in [-0.39, 0.29) is 11.5 Å². The van der Waals surface area contributed by atoms with E-state index in [9.17, 15) is 9.59 Å². The van der Waals surface area contributed by atoms with Crippen LogP contribution < -0.4 is 14.2 Å². The fourth-order valence-electron chi connectivity index (χ4n) is 3.26. The number of aryl methyl sites for hydroxylation is 1. The van der Waals surface area contributed by atoms with E-state index in [0.29, 0.717) is 33.9 Å². The van der Waals surface area contributed by atoms with Crippen LogP contribution in [0.2, 0.25) is 0 Å². The first-order valence-electron chi connectivity index (χ1n) is 9.16. The number of methoxy groups -OCH3 is 1. The summed E-state index contributed by atoms with van der Waals surface area (Å²) >= 11 is 3.42. The van der Waals surface area contributed by atoms with Crippen molar-refractivity contribution < 1.29 is 23.8 Å². The first-order valence-corrected chi connectivity index (χ1v) is 9.95. The van der Waals surface area contributed by atoms with Crippen LogP contribution in [0.15, 0.2) is 70.9 Å². The van der Waals surface area contributed by atoms with Crippen LogP contribution in [0.4, 0.5) is 0 Å². The first kappa shape index (κ1) is 19.9. The lowest BCUT2D eigenvalue weighted by Crippen LogP contribution is -2.10. The molecule has 0 radical (unpaired) electrons.